The number of nitrogens with two attached hydrogens (primary N) is 2. The van der Waals surface area contributed by atoms with Gasteiger partial charge in [-0.25, -0.2) is 0 Å². The van der Waals surface area contributed by atoms with Crippen molar-refractivity contribution in [1.82, 2.24) is 0 Å². The van der Waals surface area contributed by atoms with Crippen molar-refractivity contribution >= 4 is 17.3 Å². The van der Waals surface area contributed by atoms with Crippen LogP contribution in [0.5, 0.6) is 17.2 Å². The molecule has 0 saturated carbocycles. The fourth-order valence-corrected chi connectivity index (χ4v) is 5.07. The molecule has 6 N–H and O–H groups in total. The summed E-state index contributed by atoms with van der Waals surface area (Å²) in [5.74, 6) is 1.04. The molecule has 0 fully saturated rings. The van der Waals surface area contributed by atoms with E-state index in [1.54, 1.807) is 36.4 Å². The van der Waals surface area contributed by atoms with Crippen LogP contribution < -0.4 is 21.5 Å². The molecule has 0 bridgehead atoms. The Morgan fingerprint density at radius 2 is 1.67 bits per heavy atom. The van der Waals surface area contributed by atoms with Gasteiger partial charge in [-0.2, -0.15) is 0 Å². The number of phenols is 1. The van der Waals surface area contributed by atoms with Crippen molar-refractivity contribution in [3.8, 4) is 17.2 Å². The molecule has 1 amide bonds. The van der Waals surface area contributed by atoms with Crippen LogP contribution in [0, 0.1) is 0 Å². The largest absolute Gasteiger partial charge is 0.508 e. The molecule has 6 rings (SSSR count). The average Bonchev–Trinajstić information content (AvgIpc) is 3.25. The van der Waals surface area contributed by atoms with Gasteiger partial charge >= 0.3 is 0 Å². The summed E-state index contributed by atoms with van der Waals surface area (Å²) in [4.78, 5) is 12.8. The van der Waals surface area contributed by atoms with Crippen LogP contribution in [0.1, 0.15) is 27.8 Å². The summed E-state index contributed by atoms with van der Waals surface area (Å²) in [5, 5.41) is 12.4. The van der Waals surface area contributed by atoms with Gasteiger partial charge in [-0.15, -0.1) is 0 Å². The number of nitrogens with one attached hydrogen (secondary N) is 1. The average molecular weight is 480 g/mol. The minimum absolute atomic E-state index is 0.167. The Hall–Kier alpha value is -4.33. The second kappa shape index (κ2) is 8.41. The van der Waals surface area contributed by atoms with Crippen LogP contribution >= 0.6 is 0 Å². The standard InChI is InChI=1S/C29H25N3O4/c30-19-7-11-23-26(14-19)36-27-15-20(32-28(34)25(31)13-17-5-9-21(33)10-6-17)8-12-24(27)29(23)22-4-2-1-3-18(22)16-35-29/h1-12,14-15,25,33H,13,16,30-31H2,(H,32,34)/t25-,29?/m0/s1. The van der Waals surface area contributed by atoms with Crippen LogP contribution in [0.15, 0.2) is 84.9 Å². The van der Waals surface area contributed by atoms with E-state index in [0.29, 0.717) is 35.9 Å². The summed E-state index contributed by atoms with van der Waals surface area (Å²) in [7, 11) is 0. The van der Waals surface area contributed by atoms with E-state index in [2.05, 4.69) is 17.4 Å². The molecule has 1 unspecified atom stereocenters. The third-order valence-electron chi connectivity index (χ3n) is 6.80. The zero-order valence-corrected chi connectivity index (χ0v) is 19.4. The smallest absolute Gasteiger partial charge is 0.241 e. The van der Waals surface area contributed by atoms with Gasteiger partial charge in [-0.1, -0.05) is 36.4 Å². The number of hydrogen-bond acceptors (Lipinski definition) is 6. The Bertz CT molecular complexity index is 1480. The normalized spacial score (nSPS) is 18.0. The van der Waals surface area contributed by atoms with Crippen molar-refractivity contribution in [2.75, 3.05) is 11.1 Å². The number of rotatable bonds is 4. The summed E-state index contributed by atoms with van der Waals surface area (Å²) >= 11 is 0. The highest BCUT2D eigenvalue weighted by molar-refractivity contribution is 5.95. The number of ether oxygens (including phenoxy) is 2. The molecule has 2 atom stereocenters. The molecule has 2 aliphatic rings. The van der Waals surface area contributed by atoms with Crippen LogP contribution in [0.3, 0.4) is 0 Å². The molecule has 2 aliphatic heterocycles. The molecule has 2 heterocycles. The van der Waals surface area contributed by atoms with Gasteiger partial charge < -0.3 is 31.4 Å². The number of fused-ring (bicyclic) bond motifs is 6. The van der Waals surface area contributed by atoms with Crippen molar-refractivity contribution in [2.24, 2.45) is 5.73 Å². The number of nitrogen functional groups attached to an aromatic ring is 1. The van der Waals surface area contributed by atoms with Gasteiger partial charge in [0.15, 0.2) is 5.60 Å². The quantitative estimate of drug-likeness (QED) is 0.322. The predicted molar refractivity (Wildman–Crippen MR) is 137 cm³/mol. The fourth-order valence-electron chi connectivity index (χ4n) is 5.07. The highest BCUT2D eigenvalue weighted by Gasteiger charge is 2.49. The second-order valence-electron chi connectivity index (χ2n) is 9.16. The number of hydrogen-bond donors (Lipinski definition) is 4. The first-order chi connectivity index (χ1) is 17.4. The zero-order valence-electron chi connectivity index (χ0n) is 19.4. The van der Waals surface area contributed by atoms with Gasteiger partial charge in [0.05, 0.1) is 12.6 Å². The predicted octanol–water partition coefficient (Wildman–Crippen LogP) is 4.41. The van der Waals surface area contributed by atoms with E-state index in [1.165, 1.54) is 0 Å². The molecule has 4 aromatic carbocycles. The molecular formula is C29H25N3O4. The van der Waals surface area contributed by atoms with Gasteiger partial charge in [0.1, 0.15) is 17.2 Å². The van der Waals surface area contributed by atoms with Gasteiger partial charge in [-0.05, 0) is 59.5 Å². The maximum Gasteiger partial charge on any atom is 0.241 e. The lowest BCUT2D eigenvalue weighted by molar-refractivity contribution is -0.117. The van der Waals surface area contributed by atoms with E-state index in [-0.39, 0.29) is 11.7 Å². The minimum atomic E-state index is -0.828. The van der Waals surface area contributed by atoms with E-state index < -0.39 is 11.6 Å². The molecule has 36 heavy (non-hydrogen) atoms. The Morgan fingerprint density at radius 1 is 0.944 bits per heavy atom. The van der Waals surface area contributed by atoms with Crippen molar-refractivity contribution < 1.29 is 19.4 Å². The Morgan fingerprint density at radius 3 is 2.47 bits per heavy atom. The number of aromatic hydroxyl groups is 1. The van der Waals surface area contributed by atoms with E-state index >= 15 is 0 Å². The molecule has 1 spiro atoms. The lowest BCUT2D eigenvalue weighted by Gasteiger charge is -2.37. The molecule has 180 valence electrons. The lowest BCUT2D eigenvalue weighted by atomic mass is 9.77. The van der Waals surface area contributed by atoms with Gasteiger partial charge in [0.25, 0.3) is 0 Å². The lowest BCUT2D eigenvalue weighted by Crippen LogP contribution is -2.37. The highest BCUT2D eigenvalue weighted by Crippen LogP contribution is 2.56. The second-order valence-corrected chi connectivity index (χ2v) is 9.16. The first kappa shape index (κ1) is 22.2. The van der Waals surface area contributed by atoms with E-state index in [4.69, 9.17) is 20.9 Å². The SMILES string of the molecule is Nc1ccc2c(c1)Oc1cc(NC(=O)[C@@H](N)Cc3ccc(O)cc3)ccc1C21OCc2ccccc21. The molecule has 0 saturated heterocycles. The molecule has 4 aromatic rings. The molecule has 0 aliphatic carbocycles. The number of phenolic OH excluding ortho intramolecular Hbond substituents is 1. The third kappa shape index (κ3) is 3.57. The molecule has 7 nitrogen and oxygen atoms in total. The monoisotopic (exact) mass is 479 g/mol. The van der Waals surface area contributed by atoms with Gasteiger partial charge in [0, 0.05) is 34.6 Å². The maximum absolute atomic E-state index is 12.8. The summed E-state index contributed by atoms with van der Waals surface area (Å²) in [6.45, 7) is 0.476. The third-order valence-corrected chi connectivity index (χ3v) is 6.80. The van der Waals surface area contributed by atoms with Crippen molar-refractivity contribution in [2.45, 2.75) is 24.7 Å². The molecule has 0 aromatic heterocycles. The van der Waals surface area contributed by atoms with Crippen LogP contribution in [-0.4, -0.2) is 17.1 Å². The first-order valence-corrected chi connectivity index (χ1v) is 11.7. The number of benzene rings is 4. The van der Waals surface area contributed by atoms with Gasteiger partial charge in [-0.3, -0.25) is 4.79 Å². The van der Waals surface area contributed by atoms with E-state index in [1.807, 2.05) is 36.4 Å². The van der Waals surface area contributed by atoms with Crippen LogP contribution in [0.4, 0.5) is 11.4 Å². The van der Waals surface area contributed by atoms with E-state index in [9.17, 15) is 9.90 Å². The number of carbonyl (C=O) groups excluding carboxylic acids is 1. The van der Waals surface area contributed by atoms with Crippen molar-refractivity contribution in [3.05, 3.63) is 113 Å². The first-order valence-electron chi connectivity index (χ1n) is 11.7. The van der Waals surface area contributed by atoms with Crippen molar-refractivity contribution in [3.63, 3.8) is 0 Å². The zero-order chi connectivity index (χ0) is 24.9. The molecule has 7 heteroatoms. The number of anilines is 2. The number of amides is 1. The minimum Gasteiger partial charge on any atom is -0.508 e. The Labute approximate surface area is 208 Å². The van der Waals surface area contributed by atoms with Gasteiger partial charge in [0.2, 0.25) is 5.91 Å². The van der Waals surface area contributed by atoms with Crippen LogP contribution in [0.2, 0.25) is 0 Å². The van der Waals surface area contributed by atoms with Crippen LogP contribution in [0.25, 0.3) is 0 Å². The van der Waals surface area contributed by atoms with Crippen LogP contribution in [-0.2, 0) is 28.2 Å². The molecular weight excluding hydrogens is 454 g/mol. The Balaban J connectivity index is 1.33. The fraction of sp³-hybridized carbons (Fsp3) is 0.138. The van der Waals surface area contributed by atoms with E-state index in [0.717, 1.165) is 27.8 Å². The highest BCUT2D eigenvalue weighted by atomic mass is 16.5. The maximum atomic E-state index is 12.8. The summed E-state index contributed by atoms with van der Waals surface area (Å²) in [6, 6.07) is 25.2. The summed E-state index contributed by atoms with van der Waals surface area (Å²) in [6.07, 6.45) is 0.341. The topological polar surface area (TPSA) is 120 Å². The summed E-state index contributed by atoms with van der Waals surface area (Å²) in [5.41, 5.74) is 17.3. The summed E-state index contributed by atoms with van der Waals surface area (Å²) < 4.78 is 12.8. The molecule has 0 radical (unpaired) electrons. The Kier molecular flexibility index (Phi) is 5.17. The van der Waals surface area contributed by atoms with Crippen molar-refractivity contribution in [1.29, 1.82) is 0 Å². The number of carbonyl (C=O) groups is 1.